The van der Waals surface area contributed by atoms with Gasteiger partial charge in [0, 0.05) is 11.6 Å². The standard InChI is InChI=1S/C29H32N2O3S/c32-35(33,26-13-5-2-6-14-26)34-28-16-9-15-27-25(22-30-29(27)28)12-7-8-19-31-20-17-24(18-21-31)23-10-3-1-4-11-23/h1-6,9-11,13-16,22,24,30H,7-8,12,17-21H2. The molecule has 4 aromatic rings. The monoisotopic (exact) mass is 488 g/mol. The SMILES string of the molecule is O=S(=O)(Oc1cccc2c(CCCCN3CCC(c4ccccc4)CC3)c[nH]c12)c1ccccc1. The first-order valence-electron chi connectivity index (χ1n) is 12.5. The lowest BCUT2D eigenvalue weighted by Crippen LogP contribution is -2.33. The van der Waals surface area contributed by atoms with Crippen molar-refractivity contribution in [3.8, 4) is 5.75 Å². The van der Waals surface area contributed by atoms with Crippen LogP contribution in [0.15, 0.2) is 90.0 Å². The molecule has 0 radical (unpaired) electrons. The number of benzene rings is 3. The molecular weight excluding hydrogens is 456 g/mol. The molecule has 0 atom stereocenters. The number of rotatable bonds is 9. The van der Waals surface area contributed by atoms with Gasteiger partial charge in [0.2, 0.25) is 0 Å². The van der Waals surface area contributed by atoms with E-state index >= 15 is 0 Å². The van der Waals surface area contributed by atoms with Gasteiger partial charge in [-0.3, -0.25) is 0 Å². The molecule has 5 nitrogen and oxygen atoms in total. The number of fused-ring (bicyclic) bond motifs is 1. The first-order valence-corrected chi connectivity index (χ1v) is 13.9. The molecule has 1 aliphatic heterocycles. The Balaban J connectivity index is 1.14. The smallest absolute Gasteiger partial charge is 0.339 e. The van der Waals surface area contributed by atoms with Gasteiger partial charge in [0.15, 0.2) is 5.75 Å². The zero-order chi connectivity index (χ0) is 24.1. The number of aryl methyl sites for hydroxylation is 1. The van der Waals surface area contributed by atoms with Crippen LogP contribution < -0.4 is 4.18 Å². The van der Waals surface area contributed by atoms with E-state index in [4.69, 9.17) is 4.18 Å². The lowest BCUT2D eigenvalue weighted by Gasteiger charge is -2.32. The summed E-state index contributed by atoms with van der Waals surface area (Å²) in [5.41, 5.74) is 3.40. The van der Waals surface area contributed by atoms with E-state index in [0.717, 1.165) is 36.7 Å². The van der Waals surface area contributed by atoms with Crippen molar-refractivity contribution in [1.82, 2.24) is 9.88 Å². The highest BCUT2D eigenvalue weighted by atomic mass is 32.2. The van der Waals surface area contributed by atoms with E-state index in [1.807, 2.05) is 18.3 Å². The summed E-state index contributed by atoms with van der Waals surface area (Å²) in [5, 5.41) is 1.02. The fourth-order valence-corrected chi connectivity index (χ4v) is 6.04. The summed E-state index contributed by atoms with van der Waals surface area (Å²) in [6.45, 7) is 3.47. The number of hydrogen-bond donors (Lipinski definition) is 1. The number of hydrogen-bond acceptors (Lipinski definition) is 4. The molecule has 2 heterocycles. The summed E-state index contributed by atoms with van der Waals surface area (Å²) in [5.74, 6) is 1.03. The zero-order valence-electron chi connectivity index (χ0n) is 19.9. The molecular formula is C29H32N2O3S. The van der Waals surface area contributed by atoms with Gasteiger partial charge in [-0.25, -0.2) is 0 Å². The van der Waals surface area contributed by atoms with Crippen LogP contribution in [-0.4, -0.2) is 37.9 Å². The predicted octanol–water partition coefficient (Wildman–Crippen LogP) is 6.14. The van der Waals surface area contributed by atoms with Crippen molar-refractivity contribution in [1.29, 1.82) is 0 Å². The summed E-state index contributed by atoms with van der Waals surface area (Å²) in [7, 11) is -3.88. The summed E-state index contributed by atoms with van der Waals surface area (Å²) >= 11 is 0. The number of aromatic amines is 1. The molecule has 6 heteroatoms. The van der Waals surface area contributed by atoms with E-state index in [-0.39, 0.29) is 4.90 Å². The van der Waals surface area contributed by atoms with E-state index in [9.17, 15) is 8.42 Å². The maximum atomic E-state index is 12.7. The van der Waals surface area contributed by atoms with E-state index in [0.29, 0.717) is 11.7 Å². The van der Waals surface area contributed by atoms with Crippen molar-refractivity contribution < 1.29 is 12.6 Å². The summed E-state index contributed by atoms with van der Waals surface area (Å²) < 4.78 is 30.8. The third-order valence-corrected chi connectivity index (χ3v) is 8.27. The fourth-order valence-electron chi connectivity index (χ4n) is 5.08. The molecule has 1 saturated heterocycles. The number of nitrogens with zero attached hydrogens (tertiary/aromatic N) is 1. The predicted molar refractivity (Wildman–Crippen MR) is 140 cm³/mol. The minimum Gasteiger partial charge on any atom is -0.377 e. The minimum absolute atomic E-state index is 0.150. The lowest BCUT2D eigenvalue weighted by molar-refractivity contribution is 0.209. The number of piperidine rings is 1. The molecule has 5 rings (SSSR count). The van der Waals surface area contributed by atoms with Crippen molar-refractivity contribution >= 4 is 21.0 Å². The Kier molecular flexibility index (Phi) is 7.21. The van der Waals surface area contributed by atoms with Crippen molar-refractivity contribution in [3.05, 3.63) is 96.2 Å². The number of nitrogens with one attached hydrogen (secondary N) is 1. The zero-order valence-corrected chi connectivity index (χ0v) is 20.7. The second kappa shape index (κ2) is 10.7. The molecule has 3 aromatic carbocycles. The topological polar surface area (TPSA) is 62.4 Å². The maximum absolute atomic E-state index is 12.7. The van der Waals surface area contributed by atoms with Crippen molar-refractivity contribution in [2.45, 2.75) is 42.9 Å². The van der Waals surface area contributed by atoms with Gasteiger partial charge in [-0.15, -0.1) is 0 Å². The molecule has 0 spiro atoms. The van der Waals surface area contributed by atoms with Crippen LogP contribution in [0.5, 0.6) is 5.75 Å². The van der Waals surface area contributed by atoms with E-state index in [1.54, 1.807) is 36.4 Å². The van der Waals surface area contributed by atoms with Crippen molar-refractivity contribution in [2.75, 3.05) is 19.6 Å². The first kappa shape index (κ1) is 23.6. The Hall–Kier alpha value is -3.09. The van der Waals surface area contributed by atoms with Gasteiger partial charge < -0.3 is 14.1 Å². The molecule has 0 unspecified atom stereocenters. The fraction of sp³-hybridized carbons (Fsp3) is 0.310. The Morgan fingerprint density at radius 1 is 0.857 bits per heavy atom. The van der Waals surface area contributed by atoms with Crippen LogP contribution in [0.4, 0.5) is 0 Å². The van der Waals surface area contributed by atoms with Crippen LogP contribution in [0.25, 0.3) is 10.9 Å². The summed E-state index contributed by atoms with van der Waals surface area (Å²) in [6, 6.07) is 24.7. The van der Waals surface area contributed by atoms with Crippen LogP contribution in [-0.2, 0) is 16.5 Å². The highest BCUT2D eigenvalue weighted by molar-refractivity contribution is 7.87. The second-order valence-corrected chi connectivity index (χ2v) is 10.9. The number of unbranched alkanes of at least 4 members (excludes halogenated alkanes) is 1. The average molecular weight is 489 g/mol. The van der Waals surface area contributed by atoms with E-state index < -0.39 is 10.1 Å². The average Bonchev–Trinajstić information content (AvgIpc) is 3.32. The Morgan fingerprint density at radius 2 is 1.57 bits per heavy atom. The Labute approximate surface area is 207 Å². The van der Waals surface area contributed by atoms with Crippen molar-refractivity contribution in [2.24, 2.45) is 0 Å². The van der Waals surface area contributed by atoms with Gasteiger partial charge in [0.1, 0.15) is 4.90 Å². The molecule has 1 fully saturated rings. The quantitative estimate of drug-likeness (QED) is 0.227. The molecule has 35 heavy (non-hydrogen) atoms. The largest absolute Gasteiger partial charge is 0.377 e. The van der Waals surface area contributed by atoms with Crippen LogP contribution in [0.2, 0.25) is 0 Å². The van der Waals surface area contributed by atoms with Gasteiger partial charge in [-0.1, -0.05) is 60.7 Å². The van der Waals surface area contributed by atoms with Crippen LogP contribution in [0.1, 0.15) is 42.7 Å². The molecule has 182 valence electrons. The molecule has 1 aromatic heterocycles. The number of H-pyrrole nitrogens is 1. The summed E-state index contributed by atoms with van der Waals surface area (Å²) in [6.07, 6.45) is 7.66. The maximum Gasteiger partial charge on any atom is 0.339 e. The van der Waals surface area contributed by atoms with Gasteiger partial charge in [-0.05, 0) is 87.0 Å². The second-order valence-electron chi connectivity index (χ2n) is 9.33. The molecule has 1 N–H and O–H groups in total. The molecule has 1 aliphatic rings. The van der Waals surface area contributed by atoms with E-state index in [1.165, 1.54) is 37.1 Å². The van der Waals surface area contributed by atoms with Gasteiger partial charge in [0.05, 0.1) is 5.52 Å². The molecule has 0 aliphatic carbocycles. The Bertz CT molecular complexity index is 1340. The van der Waals surface area contributed by atoms with Crippen LogP contribution >= 0.6 is 0 Å². The van der Waals surface area contributed by atoms with Crippen LogP contribution in [0, 0.1) is 0 Å². The number of aromatic nitrogens is 1. The molecule has 0 saturated carbocycles. The number of para-hydroxylation sites is 1. The normalized spacial score (nSPS) is 15.4. The van der Waals surface area contributed by atoms with Gasteiger partial charge in [-0.2, -0.15) is 8.42 Å². The van der Waals surface area contributed by atoms with Gasteiger partial charge >= 0.3 is 10.1 Å². The third kappa shape index (κ3) is 5.60. The van der Waals surface area contributed by atoms with Gasteiger partial charge in [0.25, 0.3) is 0 Å². The van der Waals surface area contributed by atoms with Crippen LogP contribution in [0.3, 0.4) is 0 Å². The minimum atomic E-state index is -3.88. The lowest BCUT2D eigenvalue weighted by atomic mass is 9.89. The Morgan fingerprint density at radius 3 is 2.31 bits per heavy atom. The highest BCUT2D eigenvalue weighted by Gasteiger charge is 2.21. The van der Waals surface area contributed by atoms with E-state index in [2.05, 4.69) is 40.2 Å². The highest BCUT2D eigenvalue weighted by Crippen LogP contribution is 2.31. The molecule has 0 bridgehead atoms. The summed E-state index contributed by atoms with van der Waals surface area (Å²) in [4.78, 5) is 5.98. The van der Waals surface area contributed by atoms with Crippen molar-refractivity contribution in [3.63, 3.8) is 0 Å². The third-order valence-electron chi connectivity index (χ3n) is 7.02. The first-order chi connectivity index (χ1) is 17.1. The molecule has 0 amide bonds. The number of likely N-dealkylation sites (tertiary alicyclic amines) is 1.